The molecule has 1 aromatic carbocycles. The fourth-order valence-electron chi connectivity index (χ4n) is 1.80. The van der Waals surface area contributed by atoms with E-state index in [1.807, 2.05) is 0 Å². The molecule has 0 atom stereocenters. The highest BCUT2D eigenvalue weighted by molar-refractivity contribution is 5.48. The van der Waals surface area contributed by atoms with Gasteiger partial charge in [-0.3, -0.25) is 0 Å². The zero-order valence-corrected chi connectivity index (χ0v) is 9.00. The molecule has 1 saturated carbocycles. The second-order valence-corrected chi connectivity index (χ2v) is 4.10. The predicted octanol–water partition coefficient (Wildman–Crippen LogP) is 2.33. The Hall–Kier alpha value is -1.43. The van der Waals surface area contributed by atoms with Crippen LogP contribution in [0.3, 0.4) is 0 Å². The van der Waals surface area contributed by atoms with Crippen LogP contribution < -0.4 is 15.8 Å². The van der Waals surface area contributed by atoms with Crippen molar-refractivity contribution >= 4 is 5.69 Å². The molecule has 1 aliphatic carbocycles. The molecule has 1 fully saturated rings. The van der Waals surface area contributed by atoms with Crippen molar-refractivity contribution in [2.75, 3.05) is 5.32 Å². The Bertz CT molecular complexity index is 394. The van der Waals surface area contributed by atoms with Gasteiger partial charge in [-0.1, -0.05) is 0 Å². The number of halogens is 3. The van der Waals surface area contributed by atoms with Crippen LogP contribution in [0.5, 0.6) is 5.75 Å². The summed E-state index contributed by atoms with van der Waals surface area (Å²) in [6, 6.07) is 4.25. The zero-order valence-electron chi connectivity index (χ0n) is 9.00. The molecule has 3 nitrogen and oxygen atoms in total. The van der Waals surface area contributed by atoms with E-state index in [1.54, 1.807) is 0 Å². The highest BCUT2D eigenvalue weighted by Crippen LogP contribution is 2.26. The third-order valence-electron chi connectivity index (χ3n) is 2.69. The molecule has 2 rings (SSSR count). The SMILES string of the molecule is NC1CC(Nc2ccc(OC(F)F)c(F)c2)C1. The van der Waals surface area contributed by atoms with Crippen LogP contribution in [0.1, 0.15) is 12.8 Å². The van der Waals surface area contributed by atoms with Gasteiger partial charge in [0, 0.05) is 23.8 Å². The Morgan fingerprint density at radius 2 is 2.06 bits per heavy atom. The summed E-state index contributed by atoms with van der Waals surface area (Å²) in [5, 5.41) is 3.07. The van der Waals surface area contributed by atoms with Crippen LogP contribution in [0.4, 0.5) is 18.9 Å². The van der Waals surface area contributed by atoms with Crippen LogP contribution in [0.2, 0.25) is 0 Å². The van der Waals surface area contributed by atoms with E-state index in [2.05, 4.69) is 10.1 Å². The maximum Gasteiger partial charge on any atom is 0.387 e. The lowest BCUT2D eigenvalue weighted by molar-refractivity contribution is -0.0521. The minimum atomic E-state index is -3.02. The Balaban J connectivity index is 1.98. The number of rotatable bonds is 4. The van der Waals surface area contributed by atoms with Gasteiger partial charge in [-0.15, -0.1) is 0 Å². The van der Waals surface area contributed by atoms with Crippen molar-refractivity contribution in [3.05, 3.63) is 24.0 Å². The molecule has 17 heavy (non-hydrogen) atoms. The first kappa shape index (κ1) is 12.0. The van der Waals surface area contributed by atoms with Crippen LogP contribution >= 0.6 is 0 Å². The van der Waals surface area contributed by atoms with Gasteiger partial charge in [-0.25, -0.2) is 4.39 Å². The van der Waals surface area contributed by atoms with E-state index in [-0.39, 0.29) is 12.1 Å². The van der Waals surface area contributed by atoms with Crippen LogP contribution in [-0.4, -0.2) is 18.7 Å². The maximum atomic E-state index is 13.3. The average molecular weight is 246 g/mol. The molecule has 0 unspecified atom stereocenters. The maximum absolute atomic E-state index is 13.3. The number of anilines is 1. The summed E-state index contributed by atoms with van der Waals surface area (Å²) >= 11 is 0. The zero-order chi connectivity index (χ0) is 12.4. The standard InChI is InChI=1S/C11H13F3N2O/c12-9-5-7(16-8-3-6(15)4-8)1-2-10(9)17-11(13)14/h1-2,5-6,8,11,16H,3-4,15H2. The minimum Gasteiger partial charge on any atom is -0.432 e. The Morgan fingerprint density at radius 3 is 2.59 bits per heavy atom. The van der Waals surface area contributed by atoms with Gasteiger partial charge >= 0.3 is 6.61 Å². The molecular weight excluding hydrogens is 233 g/mol. The molecule has 0 aromatic heterocycles. The van der Waals surface area contributed by atoms with Crippen LogP contribution in [0.15, 0.2) is 18.2 Å². The van der Waals surface area contributed by atoms with Crippen molar-refractivity contribution in [3.8, 4) is 5.75 Å². The van der Waals surface area contributed by atoms with Crippen molar-refractivity contribution in [2.45, 2.75) is 31.5 Å². The van der Waals surface area contributed by atoms with Gasteiger partial charge in [0.1, 0.15) is 0 Å². The monoisotopic (exact) mass is 246 g/mol. The fraction of sp³-hybridized carbons (Fsp3) is 0.455. The van der Waals surface area contributed by atoms with E-state index >= 15 is 0 Å². The minimum absolute atomic E-state index is 0.193. The summed E-state index contributed by atoms with van der Waals surface area (Å²) < 4.78 is 41.1. The van der Waals surface area contributed by atoms with Gasteiger partial charge in [0.2, 0.25) is 0 Å². The lowest BCUT2D eigenvalue weighted by Gasteiger charge is -2.33. The first-order chi connectivity index (χ1) is 8.04. The van der Waals surface area contributed by atoms with E-state index in [9.17, 15) is 13.2 Å². The van der Waals surface area contributed by atoms with E-state index in [1.165, 1.54) is 12.1 Å². The molecule has 6 heteroatoms. The van der Waals surface area contributed by atoms with E-state index in [4.69, 9.17) is 5.73 Å². The molecule has 0 saturated heterocycles. The molecule has 0 heterocycles. The molecule has 0 spiro atoms. The molecular formula is C11H13F3N2O. The summed E-state index contributed by atoms with van der Waals surface area (Å²) in [4.78, 5) is 0. The summed E-state index contributed by atoms with van der Waals surface area (Å²) in [5.74, 6) is -1.25. The third kappa shape index (κ3) is 3.03. The molecule has 0 bridgehead atoms. The van der Waals surface area contributed by atoms with E-state index in [0.717, 1.165) is 18.9 Å². The summed E-state index contributed by atoms with van der Waals surface area (Å²) in [6.07, 6.45) is 1.66. The van der Waals surface area contributed by atoms with Crippen LogP contribution in [0, 0.1) is 5.82 Å². The van der Waals surface area contributed by atoms with Gasteiger partial charge in [0.05, 0.1) is 0 Å². The smallest absolute Gasteiger partial charge is 0.387 e. The highest BCUT2D eigenvalue weighted by atomic mass is 19.3. The quantitative estimate of drug-likeness (QED) is 0.857. The first-order valence-electron chi connectivity index (χ1n) is 5.31. The molecule has 0 radical (unpaired) electrons. The molecule has 94 valence electrons. The van der Waals surface area contributed by atoms with Gasteiger partial charge in [0.15, 0.2) is 11.6 Å². The van der Waals surface area contributed by atoms with Crippen molar-refractivity contribution in [1.29, 1.82) is 0 Å². The summed E-state index contributed by atoms with van der Waals surface area (Å²) in [6.45, 7) is -3.02. The van der Waals surface area contributed by atoms with Gasteiger partial charge < -0.3 is 15.8 Å². The number of nitrogens with one attached hydrogen (secondary N) is 1. The van der Waals surface area contributed by atoms with E-state index in [0.29, 0.717) is 5.69 Å². The second kappa shape index (κ2) is 4.83. The second-order valence-electron chi connectivity index (χ2n) is 4.10. The number of hydrogen-bond donors (Lipinski definition) is 2. The summed E-state index contributed by atoms with van der Waals surface area (Å²) in [7, 11) is 0. The topological polar surface area (TPSA) is 47.3 Å². The summed E-state index contributed by atoms with van der Waals surface area (Å²) in [5.41, 5.74) is 6.16. The van der Waals surface area contributed by atoms with Gasteiger partial charge in [-0.2, -0.15) is 8.78 Å². The van der Waals surface area contributed by atoms with Crippen molar-refractivity contribution in [1.82, 2.24) is 0 Å². The van der Waals surface area contributed by atoms with Crippen molar-refractivity contribution in [3.63, 3.8) is 0 Å². The molecule has 1 aromatic rings. The average Bonchev–Trinajstić information content (AvgIpc) is 2.19. The lowest BCUT2D eigenvalue weighted by atomic mass is 9.87. The largest absolute Gasteiger partial charge is 0.432 e. The molecule has 0 amide bonds. The van der Waals surface area contributed by atoms with Gasteiger partial charge in [-0.05, 0) is 25.0 Å². The predicted molar refractivity (Wildman–Crippen MR) is 57.7 cm³/mol. The first-order valence-corrected chi connectivity index (χ1v) is 5.31. The van der Waals surface area contributed by atoms with Crippen LogP contribution in [0.25, 0.3) is 0 Å². The molecule has 1 aliphatic rings. The highest BCUT2D eigenvalue weighted by Gasteiger charge is 2.25. The number of alkyl halides is 2. The number of ether oxygens (including phenoxy) is 1. The van der Waals surface area contributed by atoms with Crippen LogP contribution in [-0.2, 0) is 0 Å². The lowest BCUT2D eigenvalue weighted by Crippen LogP contribution is -2.44. The Morgan fingerprint density at radius 1 is 1.35 bits per heavy atom. The molecule has 3 N–H and O–H groups in total. The van der Waals surface area contributed by atoms with E-state index < -0.39 is 18.2 Å². The molecule has 0 aliphatic heterocycles. The Kier molecular flexibility index (Phi) is 3.42. The number of benzene rings is 1. The number of nitrogens with two attached hydrogens (primary N) is 1. The van der Waals surface area contributed by atoms with Crippen molar-refractivity contribution in [2.24, 2.45) is 5.73 Å². The normalized spacial score (nSPS) is 23.4. The fourth-order valence-corrected chi connectivity index (χ4v) is 1.80. The van der Waals surface area contributed by atoms with Gasteiger partial charge in [0.25, 0.3) is 0 Å². The van der Waals surface area contributed by atoms with Crippen molar-refractivity contribution < 1.29 is 17.9 Å². The number of hydrogen-bond acceptors (Lipinski definition) is 3. The Labute approximate surface area is 96.8 Å². The third-order valence-corrected chi connectivity index (χ3v) is 2.69.